The maximum atomic E-state index is 10.8. The average molecular weight is 219 g/mol. The van der Waals surface area contributed by atoms with Gasteiger partial charge in [-0.1, -0.05) is 6.07 Å². The number of aromatic nitrogens is 1. The monoisotopic (exact) mass is 219 g/mol. The SMILES string of the molecule is NC(=O)CN1CCC(c2ccccn2)CC1. The fraction of sp³-hybridized carbons (Fsp3) is 0.500. The van der Waals surface area contributed by atoms with E-state index >= 15 is 0 Å². The Kier molecular flexibility index (Phi) is 3.51. The highest BCUT2D eigenvalue weighted by Crippen LogP contribution is 2.25. The molecule has 1 aliphatic heterocycles. The van der Waals surface area contributed by atoms with Crippen LogP contribution in [0.2, 0.25) is 0 Å². The second-order valence-electron chi connectivity index (χ2n) is 4.27. The molecule has 2 heterocycles. The molecule has 0 aromatic carbocycles. The molecule has 1 aromatic rings. The van der Waals surface area contributed by atoms with E-state index in [-0.39, 0.29) is 5.91 Å². The molecule has 0 unspecified atom stereocenters. The molecule has 2 rings (SSSR count). The second-order valence-corrected chi connectivity index (χ2v) is 4.27. The van der Waals surface area contributed by atoms with Gasteiger partial charge in [-0.15, -0.1) is 0 Å². The lowest BCUT2D eigenvalue weighted by Crippen LogP contribution is -2.39. The van der Waals surface area contributed by atoms with E-state index in [1.54, 1.807) is 0 Å². The Morgan fingerprint density at radius 1 is 1.44 bits per heavy atom. The van der Waals surface area contributed by atoms with Crippen LogP contribution in [0.15, 0.2) is 24.4 Å². The highest BCUT2D eigenvalue weighted by Gasteiger charge is 2.21. The van der Waals surface area contributed by atoms with Crippen molar-refractivity contribution in [2.45, 2.75) is 18.8 Å². The third-order valence-electron chi connectivity index (χ3n) is 3.07. The number of piperidine rings is 1. The van der Waals surface area contributed by atoms with Gasteiger partial charge in [-0.3, -0.25) is 14.7 Å². The van der Waals surface area contributed by atoms with Crippen LogP contribution < -0.4 is 5.73 Å². The number of carbonyl (C=O) groups is 1. The van der Waals surface area contributed by atoms with Gasteiger partial charge in [0, 0.05) is 17.8 Å². The highest BCUT2D eigenvalue weighted by atomic mass is 16.1. The largest absolute Gasteiger partial charge is 0.369 e. The van der Waals surface area contributed by atoms with Gasteiger partial charge in [-0.2, -0.15) is 0 Å². The molecule has 4 nitrogen and oxygen atoms in total. The summed E-state index contributed by atoms with van der Waals surface area (Å²) >= 11 is 0. The first kappa shape index (κ1) is 11.1. The molecule has 0 spiro atoms. The number of rotatable bonds is 3. The van der Waals surface area contributed by atoms with Crippen LogP contribution in [0.4, 0.5) is 0 Å². The summed E-state index contributed by atoms with van der Waals surface area (Å²) in [5.41, 5.74) is 6.34. The van der Waals surface area contributed by atoms with E-state index in [2.05, 4.69) is 16.0 Å². The third kappa shape index (κ3) is 2.79. The quantitative estimate of drug-likeness (QED) is 0.816. The van der Waals surface area contributed by atoms with Crippen molar-refractivity contribution in [2.24, 2.45) is 5.73 Å². The number of nitrogens with zero attached hydrogens (tertiary/aromatic N) is 2. The maximum absolute atomic E-state index is 10.8. The highest BCUT2D eigenvalue weighted by molar-refractivity contribution is 5.75. The number of nitrogens with two attached hydrogens (primary N) is 1. The molecule has 1 aromatic heterocycles. The number of hydrogen-bond acceptors (Lipinski definition) is 3. The summed E-state index contributed by atoms with van der Waals surface area (Å²) < 4.78 is 0. The fourth-order valence-corrected chi connectivity index (χ4v) is 2.22. The van der Waals surface area contributed by atoms with E-state index in [1.165, 1.54) is 5.69 Å². The van der Waals surface area contributed by atoms with Gasteiger partial charge in [0.1, 0.15) is 0 Å². The van der Waals surface area contributed by atoms with E-state index in [4.69, 9.17) is 5.73 Å². The molecular weight excluding hydrogens is 202 g/mol. The van der Waals surface area contributed by atoms with Gasteiger partial charge < -0.3 is 5.73 Å². The van der Waals surface area contributed by atoms with Crippen molar-refractivity contribution in [3.63, 3.8) is 0 Å². The Bertz CT molecular complexity index is 345. The summed E-state index contributed by atoms with van der Waals surface area (Å²) in [5.74, 6) is 0.293. The van der Waals surface area contributed by atoms with Gasteiger partial charge in [0.25, 0.3) is 0 Å². The van der Waals surface area contributed by atoms with Gasteiger partial charge in [-0.25, -0.2) is 0 Å². The maximum Gasteiger partial charge on any atom is 0.231 e. The van der Waals surface area contributed by atoms with E-state index in [1.807, 2.05) is 18.3 Å². The molecule has 1 aliphatic rings. The molecule has 0 radical (unpaired) electrons. The summed E-state index contributed by atoms with van der Waals surface area (Å²) in [6, 6.07) is 6.04. The molecule has 0 aliphatic carbocycles. The summed E-state index contributed by atoms with van der Waals surface area (Å²) in [6.45, 7) is 2.25. The fourth-order valence-electron chi connectivity index (χ4n) is 2.22. The van der Waals surface area contributed by atoms with Crippen LogP contribution in [-0.4, -0.2) is 35.4 Å². The van der Waals surface area contributed by atoms with Crippen molar-refractivity contribution in [1.29, 1.82) is 0 Å². The molecule has 1 saturated heterocycles. The lowest BCUT2D eigenvalue weighted by molar-refractivity contribution is -0.119. The van der Waals surface area contributed by atoms with Crippen molar-refractivity contribution in [1.82, 2.24) is 9.88 Å². The molecule has 1 amide bonds. The van der Waals surface area contributed by atoms with Crippen LogP contribution in [0.3, 0.4) is 0 Å². The predicted molar refractivity (Wildman–Crippen MR) is 61.8 cm³/mol. The van der Waals surface area contributed by atoms with Crippen LogP contribution >= 0.6 is 0 Å². The Balaban J connectivity index is 1.88. The van der Waals surface area contributed by atoms with E-state index < -0.39 is 0 Å². The van der Waals surface area contributed by atoms with Crippen LogP contribution in [0.1, 0.15) is 24.5 Å². The van der Waals surface area contributed by atoms with Gasteiger partial charge in [0.05, 0.1) is 6.54 Å². The van der Waals surface area contributed by atoms with E-state index in [9.17, 15) is 4.79 Å². The number of primary amides is 1. The summed E-state index contributed by atoms with van der Waals surface area (Å²) in [5, 5.41) is 0. The summed E-state index contributed by atoms with van der Waals surface area (Å²) in [4.78, 5) is 17.3. The zero-order valence-corrected chi connectivity index (χ0v) is 9.30. The minimum absolute atomic E-state index is 0.240. The Morgan fingerprint density at radius 2 is 2.19 bits per heavy atom. The zero-order chi connectivity index (χ0) is 11.4. The second kappa shape index (κ2) is 5.07. The average Bonchev–Trinajstić information content (AvgIpc) is 2.30. The first-order valence-electron chi connectivity index (χ1n) is 5.67. The lowest BCUT2D eigenvalue weighted by atomic mass is 9.93. The minimum Gasteiger partial charge on any atom is -0.369 e. The van der Waals surface area contributed by atoms with Crippen molar-refractivity contribution in [3.8, 4) is 0 Å². The Morgan fingerprint density at radius 3 is 2.75 bits per heavy atom. The molecular formula is C12H17N3O. The molecule has 86 valence electrons. The summed E-state index contributed by atoms with van der Waals surface area (Å²) in [6.07, 6.45) is 3.96. The molecule has 0 saturated carbocycles. The summed E-state index contributed by atoms with van der Waals surface area (Å²) in [7, 11) is 0. The normalized spacial score (nSPS) is 18.5. The van der Waals surface area contributed by atoms with Crippen LogP contribution in [-0.2, 0) is 4.79 Å². The number of hydrogen-bond donors (Lipinski definition) is 1. The first-order chi connectivity index (χ1) is 7.75. The van der Waals surface area contributed by atoms with Gasteiger partial charge in [-0.05, 0) is 38.1 Å². The smallest absolute Gasteiger partial charge is 0.231 e. The zero-order valence-electron chi connectivity index (χ0n) is 9.30. The third-order valence-corrected chi connectivity index (χ3v) is 3.07. The lowest BCUT2D eigenvalue weighted by Gasteiger charge is -2.30. The molecule has 4 heteroatoms. The number of amides is 1. The predicted octanol–water partition coefficient (Wildman–Crippen LogP) is 0.746. The van der Waals surface area contributed by atoms with Crippen molar-refractivity contribution < 1.29 is 4.79 Å². The molecule has 0 bridgehead atoms. The van der Waals surface area contributed by atoms with E-state index in [0.717, 1.165) is 25.9 Å². The molecule has 0 atom stereocenters. The van der Waals surface area contributed by atoms with Crippen molar-refractivity contribution in [3.05, 3.63) is 30.1 Å². The molecule has 16 heavy (non-hydrogen) atoms. The van der Waals surface area contributed by atoms with Gasteiger partial charge in [0.15, 0.2) is 0 Å². The molecule has 2 N–H and O–H groups in total. The van der Waals surface area contributed by atoms with Crippen molar-refractivity contribution >= 4 is 5.91 Å². The standard InChI is InChI=1S/C12H17N3O/c13-12(16)9-15-7-4-10(5-8-15)11-3-1-2-6-14-11/h1-3,6,10H,4-5,7-9H2,(H2,13,16). The minimum atomic E-state index is -0.240. The Hall–Kier alpha value is -1.42. The van der Waals surface area contributed by atoms with Crippen molar-refractivity contribution in [2.75, 3.05) is 19.6 Å². The Labute approximate surface area is 95.5 Å². The number of likely N-dealkylation sites (tertiary alicyclic amines) is 1. The van der Waals surface area contributed by atoms with Crippen LogP contribution in [0.25, 0.3) is 0 Å². The number of pyridine rings is 1. The topological polar surface area (TPSA) is 59.2 Å². The van der Waals surface area contributed by atoms with E-state index in [0.29, 0.717) is 12.5 Å². The number of carbonyl (C=O) groups excluding carboxylic acids is 1. The van der Waals surface area contributed by atoms with Gasteiger partial charge >= 0.3 is 0 Å². The van der Waals surface area contributed by atoms with Crippen LogP contribution in [0, 0.1) is 0 Å². The van der Waals surface area contributed by atoms with Gasteiger partial charge in [0.2, 0.25) is 5.91 Å². The first-order valence-corrected chi connectivity index (χ1v) is 5.67. The molecule has 1 fully saturated rings. The van der Waals surface area contributed by atoms with Crippen LogP contribution in [0.5, 0.6) is 0 Å².